The second-order valence-corrected chi connectivity index (χ2v) is 4.54. The van der Waals surface area contributed by atoms with Crippen molar-refractivity contribution in [2.24, 2.45) is 5.10 Å². The molecule has 0 spiro atoms. The lowest BCUT2D eigenvalue weighted by Gasteiger charge is -2.08. The van der Waals surface area contributed by atoms with Crippen LogP contribution in [0.5, 0.6) is 11.5 Å². The summed E-state index contributed by atoms with van der Waals surface area (Å²) in [5, 5.41) is 3.97. The van der Waals surface area contributed by atoms with E-state index in [-0.39, 0.29) is 5.91 Å². The van der Waals surface area contributed by atoms with Crippen molar-refractivity contribution in [1.82, 2.24) is 5.43 Å². The number of para-hydroxylation sites is 2. The van der Waals surface area contributed by atoms with Gasteiger partial charge in [0.15, 0.2) is 0 Å². The molecule has 0 saturated heterocycles. The number of benzene rings is 2. The first kappa shape index (κ1) is 16.3. The molecule has 23 heavy (non-hydrogen) atoms. The Kier molecular flexibility index (Phi) is 5.94. The molecule has 0 aliphatic rings. The molecule has 0 saturated carbocycles. The van der Waals surface area contributed by atoms with Gasteiger partial charge in [0.2, 0.25) is 0 Å². The van der Waals surface area contributed by atoms with Crippen LogP contribution >= 0.6 is 0 Å². The molecule has 0 atom stereocenters. The van der Waals surface area contributed by atoms with Gasteiger partial charge in [-0.25, -0.2) is 5.43 Å². The van der Waals surface area contributed by atoms with Crippen LogP contribution in [0.1, 0.15) is 15.9 Å². The molecule has 0 bridgehead atoms. The van der Waals surface area contributed by atoms with E-state index in [1.54, 1.807) is 37.5 Å². The van der Waals surface area contributed by atoms with Crippen LogP contribution in [-0.4, -0.2) is 25.8 Å². The van der Waals surface area contributed by atoms with Gasteiger partial charge in [0.05, 0.1) is 18.9 Å². The zero-order chi connectivity index (χ0) is 16.5. The van der Waals surface area contributed by atoms with E-state index < -0.39 is 0 Å². The molecular formula is C18H18N2O3. The number of hydrogen-bond donors (Lipinski definition) is 1. The molecule has 2 aromatic carbocycles. The predicted octanol–water partition coefficient (Wildman–Crippen LogP) is 3.02. The second-order valence-electron chi connectivity index (χ2n) is 4.54. The highest BCUT2D eigenvalue weighted by Gasteiger charge is 2.10. The number of carbonyl (C=O) groups excluding carboxylic acids is 1. The summed E-state index contributed by atoms with van der Waals surface area (Å²) >= 11 is 0. The highest BCUT2D eigenvalue weighted by atomic mass is 16.5. The number of hydrogen-bond acceptors (Lipinski definition) is 4. The standard InChI is InChI=1S/C18H18N2O3/c1-3-12-23-17-11-7-5-9-15(17)18(21)20-19-13-14-8-4-6-10-16(14)22-2/h3-11,13H,1,12H2,2H3,(H,20,21)/b19-13+. The molecular weight excluding hydrogens is 292 g/mol. The van der Waals surface area contributed by atoms with Gasteiger partial charge >= 0.3 is 0 Å². The lowest BCUT2D eigenvalue weighted by atomic mass is 10.2. The highest BCUT2D eigenvalue weighted by Crippen LogP contribution is 2.18. The largest absolute Gasteiger partial charge is 0.496 e. The third kappa shape index (κ3) is 4.44. The van der Waals surface area contributed by atoms with Crippen molar-refractivity contribution in [3.05, 3.63) is 72.3 Å². The molecule has 0 aliphatic heterocycles. The Morgan fingerprint density at radius 1 is 1.17 bits per heavy atom. The van der Waals surface area contributed by atoms with Crippen LogP contribution in [0.2, 0.25) is 0 Å². The maximum atomic E-state index is 12.2. The van der Waals surface area contributed by atoms with Crippen LogP contribution in [0.15, 0.2) is 66.3 Å². The number of amides is 1. The average molecular weight is 310 g/mol. The van der Waals surface area contributed by atoms with Gasteiger partial charge < -0.3 is 9.47 Å². The Morgan fingerprint density at radius 3 is 2.61 bits per heavy atom. The van der Waals surface area contributed by atoms with Gasteiger partial charge in [-0.05, 0) is 24.3 Å². The summed E-state index contributed by atoms with van der Waals surface area (Å²) in [5.74, 6) is 0.813. The van der Waals surface area contributed by atoms with Crippen molar-refractivity contribution in [3.63, 3.8) is 0 Å². The van der Waals surface area contributed by atoms with E-state index in [9.17, 15) is 4.79 Å². The highest BCUT2D eigenvalue weighted by molar-refractivity contribution is 5.97. The van der Waals surface area contributed by atoms with E-state index in [0.717, 1.165) is 5.56 Å². The number of nitrogens with one attached hydrogen (secondary N) is 1. The van der Waals surface area contributed by atoms with Crippen molar-refractivity contribution >= 4 is 12.1 Å². The quantitative estimate of drug-likeness (QED) is 0.486. The summed E-state index contributed by atoms with van der Waals surface area (Å²) in [6.07, 6.45) is 3.15. The van der Waals surface area contributed by atoms with Gasteiger partial charge in [-0.15, -0.1) is 0 Å². The predicted molar refractivity (Wildman–Crippen MR) is 90.2 cm³/mol. The molecule has 2 rings (SSSR count). The van der Waals surface area contributed by atoms with Crippen LogP contribution in [-0.2, 0) is 0 Å². The van der Waals surface area contributed by atoms with Crippen molar-refractivity contribution in [2.75, 3.05) is 13.7 Å². The zero-order valence-corrected chi connectivity index (χ0v) is 12.9. The number of methoxy groups -OCH3 is 1. The van der Waals surface area contributed by atoms with Crippen molar-refractivity contribution in [3.8, 4) is 11.5 Å². The fourth-order valence-electron chi connectivity index (χ4n) is 1.92. The van der Waals surface area contributed by atoms with E-state index >= 15 is 0 Å². The van der Waals surface area contributed by atoms with Crippen LogP contribution in [0.25, 0.3) is 0 Å². The van der Waals surface area contributed by atoms with Crippen LogP contribution < -0.4 is 14.9 Å². The summed E-state index contributed by atoms with van der Waals surface area (Å²) in [6, 6.07) is 14.4. The monoisotopic (exact) mass is 310 g/mol. The number of ether oxygens (including phenoxy) is 2. The summed E-state index contributed by atoms with van der Waals surface area (Å²) in [4.78, 5) is 12.2. The minimum Gasteiger partial charge on any atom is -0.496 e. The van der Waals surface area contributed by atoms with E-state index in [0.29, 0.717) is 23.7 Å². The summed E-state index contributed by atoms with van der Waals surface area (Å²) in [6.45, 7) is 3.92. The molecule has 0 aromatic heterocycles. The SMILES string of the molecule is C=CCOc1ccccc1C(=O)N/N=C/c1ccccc1OC. The molecule has 5 heteroatoms. The summed E-state index contributed by atoms with van der Waals surface area (Å²) in [5.41, 5.74) is 3.66. The molecule has 0 fully saturated rings. The second kappa shape index (κ2) is 8.38. The van der Waals surface area contributed by atoms with Crippen molar-refractivity contribution in [1.29, 1.82) is 0 Å². The Morgan fingerprint density at radius 2 is 1.87 bits per heavy atom. The van der Waals surface area contributed by atoms with Crippen LogP contribution in [0.3, 0.4) is 0 Å². The van der Waals surface area contributed by atoms with Gasteiger partial charge in [-0.2, -0.15) is 5.10 Å². The summed E-state index contributed by atoms with van der Waals surface area (Å²) < 4.78 is 10.7. The van der Waals surface area contributed by atoms with E-state index in [1.807, 2.05) is 24.3 Å². The Labute approximate surface area is 135 Å². The minimum atomic E-state index is -0.351. The molecule has 1 N–H and O–H groups in total. The molecule has 0 aliphatic carbocycles. The summed E-state index contributed by atoms with van der Waals surface area (Å²) in [7, 11) is 1.58. The Hall–Kier alpha value is -3.08. The van der Waals surface area contributed by atoms with Crippen molar-refractivity contribution in [2.45, 2.75) is 0 Å². The van der Waals surface area contributed by atoms with Gasteiger partial charge in [0.25, 0.3) is 5.91 Å². The smallest absolute Gasteiger partial charge is 0.275 e. The molecule has 1 amide bonds. The number of carbonyl (C=O) groups is 1. The fourth-order valence-corrected chi connectivity index (χ4v) is 1.92. The third-order valence-corrected chi connectivity index (χ3v) is 3.00. The lowest BCUT2D eigenvalue weighted by Crippen LogP contribution is -2.18. The first-order valence-corrected chi connectivity index (χ1v) is 7.05. The molecule has 0 unspecified atom stereocenters. The number of hydrazone groups is 1. The van der Waals surface area contributed by atoms with E-state index in [1.165, 1.54) is 6.21 Å². The molecule has 0 radical (unpaired) electrons. The topological polar surface area (TPSA) is 59.9 Å². The van der Waals surface area contributed by atoms with Gasteiger partial charge in [0.1, 0.15) is 18.1 Å². The maximum Gasteiger partial charge on any atom is 0.275 e. The molecule has 5 nitrogen and oxygen atoms in total. The average Bonchev–Trinajstić information content (AvgIpc) is 2.60. The van der Waals surface area contributed by atoms with Crippen LogP contribution in [0, 0.1) is 0 Å². The number of nitrogens with zero attached hydrogens (tertiary/aromatic N) is 1. The zero-order valence-electron chi connectivity index (χ0n) is 12.9. The van der Waals surface area contributed by atoms with Gasteiger partial charge in [-0.3, -0.25) is 4.79 Å². The first-order chi connectivity index (χ1) is 11.3. The minimum absolute atomic E-state index is 0.328. The van der Waals surface area contributed by atoms with Crippen molar-refractivity contribution < 1.29 is 14.3 Å². The fraction of sp³-hybridized carbons (Fsp3) is 0.111. The van der Waals surface area contributed by atoms with Gasteiger partial charge in [-0.1, -0.05) is 36.9 Å². The molecule has 118 valence electrons. The maximum absolute atomic E-state index is 12.2. The Balaban J connectivity index is 2.08. The molecule has 0 heterocycles. The van der Waals surface area contributed by atoms with E-state index in [2.05, 4.69) is 17.1 Å². The third-order valence-electron chi connectivity index (χ3n) is 3.00. The van der Waals surface area contributed by atoms with Gasteiger partial charge in [0, 0.05) is 5.56 Å². The lowest BCUT2D eigenvalue weighted by molar-refractivity contribution is 0.0951. The van der Waals surface area contributed by atoms with Crippen LogP contribution in [0.4, 0.5) is 0 Å². The Bertz CT molecular complexity index is 711. The first-order valence-electron chi connectivity index (χ1n) is 7.05. The molecule has 2 aromatic rings. The normalized spacial score (nSPS) is 10.3. The number of rotatable bonds is 7. The van der Waals surface area contributed by atoms with E-state index in [4.69, 9.17) is 9.47 Å².